The normalized spacial score (nSPS) is 27.4. The summed E-state index contributed by atoms with van der Waals surface area (Å²) in [5.41, 5.74) is 7.06. The van der Waals surface area contributed by atoms with Crippen molar-refractivity contribution in [1.29, 1.82) is 0 Å². The Bertz CT molecular complexity index is 825. The molecule has 1 aromatic heterocycles. The monoisotopic (exact) mass is 390 g/mol. The van der Waals surface area contributed by atoms with E-state index >= 15 is 0 Å². The fourth-order valence-electron chi connectivity index (χ4n) is 4.61. The molecule has 2 bridgehead atoms. The summed E-state index contributed by atoms with van der Waals surface area (Å²) in [5.74, 6) is 1.09. The van der Waals surface area contributed by atoms with Gasteiger partial charge in [-0.15, -0.1) is 0 Å². The molecule has 0 saturated heterocycles. The standard InChI is InChI=1S/C20H24ClFN4O/c21-16-5-4-12(8-17(16)22)11-26-18(6-7-24-26)25-20(27)15-9-13-2-1-3-14(10-15)19(13)23/h4-8,13-15,19H,1-3,9-11,23H2,(H,25,27). The Balaban J connectivity index is 1.43. The number of aromatic nitrogens is 2. The van der Waals surface area contributed by atoms with Gasteiger partial charge in [0.05, 0.1) is 17.8 Å². The number of nitrogens with two attached hydrogens (primary N) is 1. The van der Waals surface area contributed by atoms with Gasteiger partial charge in [-0.2, -0.15) is 5.10 Å². The maximum absolute atomic E-state index is 13.7. The van der Waals surface area contributed by atoms with Crippen LogP contribution in [0.25, 0.3) is 0 Å². The highest BCUT2D eigenvalue weighted by molar-refractivity contribution is 6.30. The van der Waals surface area contributed by atoms with Gasteiger partial charge < -0.3 is 11.1 Å². The van der Waals surface area contributed by atoms with Gasteiger partial charge in [-0.3, -0.25) is 4.79 Å². The van der Waals surface area contributed by atoms with Crippen LogP contribution in [-0.4, -0.2) is 21.7 Å². The molecule has 0 aliphatic heterocycles. The average molecular weight is 391 g/mol. The third kappa shape index (κ3) is 3.87. The first-order valence-electron chi connectivity index (χ1n) is 9.53. The quantitative estimate of drug-likeness (QED) is 0.833. The molecule has 1 amide bonds. The SMILES string of the molecule is NC1C2CCCC1CC(C(=O)Nc1ccnn1Cc1ccc(Cl)c(F)c1)C2. The number of hydrogen-bond acceptors (Lipinski definition) is 3. The highest BCUT2D eigenvalue weighted by atomic mass is 35.5. The van der Waals surface area contributed by atoms with Gasteiger partial charge in [0.2, 0.25) is 5.91 Å². The van der Waals surface area contributed by atoms with E-state index in [0.29, 0.717) is 24.2 Å². The summed E-state index contributed by atoms with van der Waals surface area (Å²) in [5, 5.41) is 7.36. The van der Waals surface area contributed by atoms with E-state index in [0.717, 1.165) is 31.2 Å². The summed E-state index contributed by atoms with van der Waals surface area (Å²) in [6.07, 6.45) is 6.83. The van der Waals surface area contributed by atoms with Gasteiger partial charge >= 0.3 is 0 Å². The summed E-state index contributed by atoms with van der Waals surface area (Å²) >= 11 is 5.74. The Morgan fingerprint density at radius 3 is 2.74 bits per heavy atom. The average Bonchev–Trinajstić information content (AvgIpc) is 3.04. The number of fused-ring (bicyclic) bond motifs is 2. The summed E-state index contributed by atoms with van der Waals surface area (Å²) < 4.78 is 15.3. The number of carbonyl (C=O) groups excluding carboxylic acids is 1. The zero-order chi connectivity index (χ0) is 19.0. The zero-order valence-corrected chi connectivity index (χ0v) is 15.8. The molecule has 144 valence electrons. The predicted octanol–water partition coefficient (Wildman–Crippen LogP) is 3.82. The van der Waals surface area contributed by atoms with E-state index in [-0.39, 0.29) is 22.9 Å². The number of benzene rings is 1. The second kappa shape index (κ2) is 7.60. The van der Waals surface area contributed by atoms with Crippen LogP contribution in [0, 0.1) is 23.6 Å². The Kier molecular flexibility index (Phi) is 5.19. The number of anilines is 1. The van der Waals surface area contributed by atoms with Crippen LogP contribution in [-0.2, 0) is 11.3 Å². The molecule has 1 aromatic carbocycles. The number of carbonyl (C=O) groups is 1. The Morgan fingerprint density at radius 2 is 2.04 bits per heavy atom. The molecule has 4 rings (SSSR count). The molecule has 3 N–H and O–H groups in total. The van der Waals surface area contributed by atoms with E-state index < -0.39 is 5.82 Å². The fourth-order valence-corrected chi connectivity index (χ4v) is 4.72. The third-order valence-corrected chi connectivity index (χ3v) is 6.37. The molecule has 5 nitrogen and oxygen atoms in total. The molecule has 7 heteroatoms. The number of nitrogens with zero attached hydrogens (tertiary/aromatic N) is 2. The van der Waals surface area contributed by atoms with Crippen molar-refractivity contribution in [3.8, 4) is 0 Å². The molecule has 2 aliphatic carbocycles. The van der Waals surface area contributed by atoms with Crippen LogP contribution in [0.15, 0.2) is 30.5 Å². The van der Waals surface area contributed by atoms with E-state index in [1.807, 2.05) is 0 Å². The zero-order valence-electron chi connectivity index (χ0n) is 15.1. The highest BCUT2D eigenvalue weighted by Gasteiger charge is 2.40. The van der Waals surface area contributed by atoms with Crippen molar-refractivity contribution in [3.63, 3.8) is 0 Å². The van der Waals surface area contributed by atoms with Gasteiger partial charge in [-0.25, -0.2) is 9.07 Å². The minimum atomic E-state index is -0.461. The number of rotatable bonds is 4. The minimum absolute atomic E-state index is 0.00331. The Labute approximate surface area is 163 Å². The first kappa shape index (κ1) is 18.4. The van der Waals surface area contributed by atoms with Crippen molar-refractivity contribution in [2.45, 2.75) is 44.7 Å². The fraction of sp³-hybridized carbons (Fsp3) is 0.500. The first-order valence-corrected chi connectivity index (χ1v) is 9.91. The smallest absolute Gasteiger partial charge is 0.228 e. The molecule has 2 atom stereocenters. The molecule has 2 aliphatic rings. The van der Waals surface area contributed by atoms with Crippen LogP contribution in [0.3, 0.4) is 0 Å². The number of hydrogen-bond donors (Lipinski definition) is 2. The lowest BCUT2D eigenvalue weighted by Crippen LogP contribution is -2.48. The topological polar surface area (TPSA) is 72.9 Å². The van der Waals surface area contributed by atoms with E-state index in [9.17, 15) is 9.18 Å². The maximum atomic E-state index is 13.7. The predicted molar refractivity (Wildman–Crippen MR) is 103 cm³/mol. The van der Waals surface area contributed by atoms with Crippen LogP contribution in [0.5, 0.6) is 0 Å². The van der Waals surface area contributed by atoms with E-state index in [4.69, 9.17) is 17.3 Å². The van der Waals surface area contributed by atoms with Crippen LogP contribution < -0.4 is 11.1 Å². The summed E-state index contributed by atoms with van der Waals surface area (Å²) in [6.45, 7) is 0.359. The molecule has 0 spiro atoms. The second-order valence-corrected chi connectivity index (χ2v) is 8.22. The van der Waals surface area contributed by atoms with E-state index in [1.165, 1.54) is 18.6 Å². The molecule has 0 radical (unpaired) electrons. The number of halogens is 2. The van der Waals surface area contributed by atoms with E-state index in [1.54, 1.807) is 23.0 Å². The lowest BCUT2D eigenvalue weighted by Gasteiger charge is -2.43. The Morgan fingerprint density at radius 1 is 1.30 bits per heavy atom. The molecule has 1 heterocycles. The molecular formula is C20H24ClFN4O. The molecular weight excluding hydrogens is 367 g/mol. The summed E-state index contributed by atoms with van der Waals surface area (Å²) in [4.78, 5) is 12.8. The van der Waals surface area contributed by atoms with Gasteiger partial charge in [0, 0.05) is 18.0 Å². The maximum Gasteiger partial charge on any atom is 0.228 e. The van der Waals surface area contributed by atoms with Gasteiger partial charge in [0.1, 0.15) is 11.6 Å². The molecule has 2 fully saturated rings. The molecule has 27 heavy (non-hydrogen) atoms. The first-order chi connectivity index (χ1) is 13.0. The minimum Gasteiger partial charge on any atom is -0.327 e. The van der Waals surface area contributed by atoms with E-state index in [2.05, 4.69) is 10.4 Å². The third-order valence-electron chi connectivity index (χ3n) is 6.07. The largest absolute Gasteiger partial charge is 0.327 e. The van der Waals surface area contributed by atoms with Crippen LogP contribution in [0.1, 0.15) is 37.7 Å². The second-order valence-electron chi connectivity index (χ2n) is 7.81. The van der Waals surface area contributed by atoms with Crippen LogP contribution in [0.2, 0.25) is 5.02 Å². The van der Waals surface area contributed by atoms with Crippen LogP contribution >= 0.6 is 11.6 Å². The van der Waals surface area contributed by atoms with Gasteiger partial charge in [0.15, 0.2) is 0 Å². The Hall–Kier alpha value is -1.92. The van der Waals surface area contributed by atoms with Crippen LogP contribution in [0.4, 0.5) is 10.2 Å². The van der Waals surface area contributed by atoms with Crippen molar-refractivity contribution in [2.24, 2.45) is 23.5 Å². The lowest BCUT2D eigenvalue weighted by molar-refractivity contribution is -0.122. The van der Waals surface area contributed by atoms with Crippen molar-refractivity contribution >= 4 is 23.3 Å². The molecule has 2 aromatic rings. The number of nitrogens with one attached hydrogen (secondary N) is 1. The van der Waals surface area contributed by atoms with Gasteiger partial charge in [-0.05, 0) is 55.2 Å². The number of amides is 1. The van der Waals surface area contributed by atoms with Gasteiger partial charge in [0.25, 0.3) is 0 Å². The van der Waals surface area contributed by atoms with Crippen molar-refractivity contribution < 1.29 is 9.18 Å². The molecule has 2 unspecified atom stereocenters. The van der Waals surface area contributed by atoms with Crippen molar-refractivity contribution in [3.05, 3.63) is 46.9 Å². The summed E-state index contributed by atoms with van der Waals surface area (Å²) in [6, 6.07) is 6.67. The van der Waals surface area contributed by atoms with Gasteiger partial charge in [-0.1, -0.05) is 24.1 Å². The highest BCUT2D eigenvalue weighted by Crippen LogP contribution is 2.42. The van der Waals surface area contributed by atoms with Crippen molar-refractivity contribution in [1.82, 2.24) is 9.78 Å². The molecule has 2 saturated carbocycles. The summed E-state index contributed by atoms with van der Waals surface area (Å²) in [7, 11) is 0. The lowest BCUT2D eigenvalue weighted by atomic mass is 9.65. The van der Waals surface area contributed by atoms with Crippen molar-refractivity contribution in [2.75, 3.05) is 5.32 Å².